The summed E-state index contributed by atoms with van der Waals surface area (Å²) in [7, 11) is 0. The van der Waals surface area contributed by atoms with E-state index in [9.17, 15) is 9.59 Å². The van der Waals surface area contributed by atoms with Crippen LogP contribution in [0, 0.1) is 23.7 Å². The maximum atomic E-state index is 12.8. The molecule has 7 heteroatoms. The summed E-state index contributed by atoms with van der Waals surface area (Å²) in [6.45, 7) is 7.03. The average Bonchev–Trinajstić information content (AvgIpc) is 3.45. The van der Waals surface area contributed by atoms with Crippen molar-refractivity contribution in [2.75, 3.05) is 26.2 Å². The van der Waals surface area contributed by atoms with Gasteiger partial charge in [-0.25, -0.2) is 4.99 Å². The molecule has 3 aliphatic rings. The number of hydrogen-bond donors (Lipinski definition) is 2. The van der Waals surface area contributed by atoms with Crippen molar-refractivity contribution in [2.45, 2.75) is 33.2 Å². The summed E-state index contributed by atoms with van der Waals surface area (Å²) >= 11 is 0. The highest BCUT2D eigenvalue weighted by Crippen LogP contribution is 2.52. The van der Waals surface area contributed by atoms with Gasteiger partial charge in [0.25, 0.3) is 0 Å². The molecule has 1 aliphatic heterocycles. The smallest absolute Gasteiger partial charge is 0.233 e. The highest BCUT2D eigenvalue weighted by Gasteiger charge is 2.58. The lowest BCUT2D eigenvalue weighted by molar-refractivity contribution is -0.140. The molecular weight excluding hydrogens is 392 g/mol. The van der Waals surface area contributed by atoms with Gasteiger partial charge in [0.2, 0.25) is 11.8 Å². The number of nitrogens with zero attached hydrogens (tertiary/aromatic N) is 2. The average molecular weight is 425 g/mol. The molecule has 2 aliphatic carbocycles. The molecule has 2 N–H and O–H groups in total. The third-order valence-electron chi connectivity index (χ3n) is 6.39. The van der Waals surface area contributed by atoms with Crippen LogP contribution in [0.1, 0.15) is 32.3 Å². The van der Waals surface area contributed by atoms with E-state index in [0.717, 1.165) is 30.2 Å². The molecule has 1 saturated carbocycles. The molecule has 4 unspecified atom stereocenters. The van der Waals surface area contributed by atoms with E-state index in [0.29, 0.717) is 32.7 Å². The van der Waals surface area contributed by atoms with Gasteiger partial charge in [0.05, 0.1) is 25.0 Å². The lowest BCUT2D eigenvalue weighted by Crippen LogP contribution is -2.40. The molecule has 31 heavy (non-hydrogen) atoms. The number of amides is 2. The zero-order valence-electron chi connectivity index (χ0n) is 18.3. The molecule has 2 amide bonds. The zero-order chi connectivity index (χ0) is 21.8. The number of allylic oxidation sites excluding steroid dienone is 2. The van der Waals surface area contributed by atoms with Gasteiger partial charge in [0.15, 0.2) is 5.96 Å². The Morgan fingerprint density at radius 3 is 2.55 bits per heavy atom. The second kappa shape index (κ2) is 9.54. The van der Waals surface area contributed by atoms with Gasteiger partial charge in [-0.3, -0.25) is 14.5 Å². The van der Waals surface area contributed by atoms with Crippen LogP contribution in [-0.2, 0) is 16.1 Å². The Morgan fingerprint density at radius 2 is 1.87 bits per heavy atom. The molecule has 0 radical (unpaired) electrons. The summed E-state index contributed by atoms with van der Waals surface area (Å²) in [4.78, 5) is 31.6. The van der Waals surface area contributed by atoms with Crippen LogP contribution in [0.4, 0.5) is 0 Å². The topological polar surface area (TPSA) is 83.0 Å². The highest BCUT2D eigenvalue weighted by atomic mass is 16.5. The summed E-state index contributed by atoms with van der Waals surface area (Å²) in [5.74, 6) is 1.95. The van der Waals surface area contributed by atoms with Crippen molar-refractivity contribution >= 4 is 17.8 Å². The summed E-state index contributed by atoms with van der Waals surface area (Å²) in [6.07, 6.45) is 5.93. The molecule has 2 bridgehead atoms. The molecule has 4 atom stereocenters. The Morgan fingerprint density at radius 1 is 1.13 bits per heavy atom. The first-order valence-electron chi connectivity index (χ1n) is 11.4. The first-order valence-corrected chi connectivity index (χ1v) is 11.4. The van der Waals surface area contributed by atoms with Gasteiger partial charge in [-0.15, -0.1) is 0 Å². The minimum absolute atomic E-state index is 0.0293. The van der Waals surface area contributed by atoms with Gasteiger partial charge in [-0.2, -0.15) is 0 Å². The molecular formula is C24H32N4O3. The maximum Gasteiger partial charge on any atom is 0.233 e. The predicted octanol–water partition coefficient (Wildman–Crippen LogP) is 2.34. The number of aliphatic imine (C=N–C) groups is 1. The molecule has 0 aromatic heterocycles. The number of nitrogens with one attached hydrogen (secondary N) is 2. The van der Waals surface area contributed by atoms with Crippen LogP contribution in [0.15, 0.2) is 41.4 Å². The van der Waals surface area contributed by atoms with Crippen LogP contribution < -0.4 is 15.4 Å². The van der Waals surface area contributed by atoms with E-state index in [-0.39, 0.29) is 35.5 Å². The van der Waals surface area contributed by atoms with Gasteiger partial charge in [0, 0.05) is 19.6 Å². The number of rotatable bonds is 9. The third kappa shape index (κ3) is 4.45. The van der Waals surface area contributed by atoms with Crippen LogP contribution in [0.3, 0.4) is 0 Å². The number of imide groups is 1. The Labute approximate surface area is 183 Å². The quantitative estimate of drug-likeness (QED) is 0.209. The van der Waals surface area contributed by atoms with Crippen molar-refractivity contribution < 1.29 is 14.3 Å². The number of carbonyl (C=O) groups excluding carboxylic acids is 2. The number of ether oxygens (including phenoxy) is 1. The summed E-state index contributed by atoms with van der Waals surface area (Å²) < 4.78 is 5.55. The Hall–Kier alpha value is -2.83. The van der Waals surface area contributed by atoms with Crippen LogP contribution in [0.5, 0.6) is 5.75 Å². The molecule has 1 aromatic rings. The van der Waals surface area contributed by atoms with E-state index in [1.165, 1.54) is 4.90 Å². The summed E-state index contributed by atoms with van der Waals surface area (Å²) in [5.41, 5.74) is 1.08. The number of guanidine groups is 1. The highest BCUT2D eigenvalue weighted by molar-refractivity contribution is 6.06. The fourth-order valence-electron chi connectivity index (χ4n) is 5.04. The van der Waals surface area contributed by atoms with Crippen molar-refractivity contribution in [1.29, 1.82) is 0 Å². The van der Waals surface area contributed by atoms with E-state index in [1.807, 2.05) is 38.1 Å². The Balaban J connectivity index is 1.26. The molecule has 166 valence electrons. The van der Waals surface area contributed by atoms with Crippen molar-refractivity contribution in [3.05, 3.63) is 42.0 Å². The van der Waals surface area contributed by atoms with Gasteiger partial charge < -0.3 is 15.4 Å². The van der Waals surface area contributed by atoms with Crippen LogP contribution >= 0.6 is 0 Å². The van der Waals surface area contributed by atoms with Crippen LogP contribution in [0.2, 0.25) is 0 Å². The van der Waals surface area contributed by atoms with E-state index in [4.69, 9.17) is 4.74 Å². The zero-order valence-corrected chi connectivity index (χ0v) is 18.3. The fraction of sp³-hybridized carbons (Fsp3) is 0.542. The molecule has 1 aromatic carbocycles. The SMILES string of the molecule is CCNC(=NCc1cccc(OCC)c1)NCCCN1C(=O)C2C3C=CC(C3)C2C1=O. The largest absolute Gasteiger partial charge is 0.494 e. The molecule has 1 saturated heterocycles. The standard InChI is InChI=1S/C24H32N4O3/c1-3-25-24(27-15-16-7-5-8-19(13-16)31-4-2)26-11-6-12-28-22(29)20-17-9-10-18(14-17)21(20)23(28)30/h5,7-10,13,17-18,20-21H,3-4,6,11-12,14-15H2,1-2H3,(H2,25,26,27). The van der Waals surface area contributed by atoms with E-state index in [2.05, 4.69) is 27.8 Å². The van der Waals surface area contributed by atoms with Gasteiger partial charge >= 0.3 is 0 Å². The number of hydrogen-bond acceptors (Lipinski definition) is 4. The van der Waals surface area contributed by atoms with Gasteiger partial charge in [-0.1, -0.05) is 24.3 Å². The second-order valence-electron chi connectivity index (χ2n) is 8.38. The van der Waals surface area contributed by atoms with Crippen molar-refractivity contribution in [3.8, 4) is 5.75 Å². The first-order chi connectivity index (χ1) is 15.1. The lowest BCUT2D eigenvalue weighted by Gasteiger charge is -2.18. The minimum atomic E-state index is -0.109. The first kappa shape index (κ1) is 21.4. The van der Waals surface area contributed by atoms with Crippen molar-refractivity contribution in [2.24, 2.45) is 28.7 Å². The molecule has 4 rings (SSSR count). The Bertz CT molecular complexity index is 851. The maximum absolute atomic E-state index is 12.8. The fourth-order valence-corrected chi connectivity index (χ4v) is 5.04. The van der Waals surface area contributed by atoms with Crippen molar-refractivity contribution in [3.63, 3.8) is 0 Å². The normalized spacial score (nSPS) is 26.5. The van der Waals surface area contributed by atoms with Crippen LogP contribution in [-0.4, -0.2) is 48.9 Å². The van der Waals surface area contributed by atoms with Crippen LogP contribution in [0.25, 0.3) is 0 Å². The molecule has 0 spiro atoms. The van der Waals surface area contributed by atoms with Crippen molar-refractivity contribution in [1.82, 2.24) is 15.5 Å². The Kier molecular flexibility index (Phi) is 6.59. The number of fused-ring (bicyclic) bond motifs is 5. The van der Waals surface area contributed by atoms with E-state index in [1.54, 1.807) is 0 Å². The minimum Gasteiger partial charge on any atom is -0.494 e. The summed E-state index contributed by atoms with van der Waals surface area (Å²) in [6, 6.07) is 7.94. The molecule has 2 fully saturated rings. The van der Waals surface area contributed by atoms with Gasteiger partial charge in [0.1, 0.15) is 5.75 Å². The lowest BCUT2D eigenvalue weighted by atomic mass is 9.85. The van der Waals surface area contributed by atoms with Gasteiger partial charge in [-0.05, 0) is 56.2 Å². The second-order valence-corrected chi connectivity index (χ2v) is 8.38. The van der Waals surface area contributed by atoms with E-state index < -0.39 is 0 Å². The number of benzene rings is 1. The third-order valence-corrected chi connectivity index (χ3v) is 6.39. The molecule has 7 nitrogen and oxygen atoms in total. The monoisotopic (exact) mass is 424 g/mol. The number of carbonyl (C=O) groups is 2. The predicted molar refractivity (Wildman–Crippen MR) is 119 cm³/mol. The summed E-state index contributed by atoms with van der Waals surface area (Å²) in [5, 5.41) is 6.55. The molecule has 1 heterocycles. The van der Waals surface area contributed by atoms with E-state index >= 15 is 0 Å². The number of likely N-dealkylation sites (tertiary alicyclic amines) is 1.